The lowest BCUT2D eigenvalue weighted by atomic mass is 10.1. The molecular weight excluding hydrogens is 551 g/mol. The van der Waals surface area contributed by atoms with Gasteiger partial charge in [-0.15, -0.1) is 0 Å². The van der Waals surface area contributed by atoms with Gasteiger partial charge < -0.3 is 34.5 Å². The van der Waals surface area contributed by atoms with Crippen molar-refractivity contribution in [3.63, 3.8) is 0 Å². The van der Waals surface area contributed by atoms with E-state index in [0.717, 1.165) is 0 Å². The molecule has 0 amide bonds. The van der Waals surface area contributed by atoms with Gasteiger partial charge in [-0.05, 0) is 6.26 Å². The second kappa shape index (κ2) is 9.21. The monoisotopic (exact) mass is 574 g/mol. The third-order valence-electron chi connectivity index (χ3n) is 5.28. The molecule has 3 fully saturated rings. The zero-order valence-electron chi connectivity index (χ0n) is 18.6. The lowest BCUT2D eigenvalue weighted by Crippen LogP contribution is -2.32. The molecule has 5 heterocycles. The smallest absolute Gasteiger partial charge is 0.382 e. The highest BCUT2D eigenvalue weighted by molar-refractivity contribution is 7.98. The molecule has 4 N–H and O–H groups in total. The van der Waals surface area contributed by atoms with Crippen LogP contribution in [-0.2, 0) is 41.2 Å². The van der Waals surface area contributed by atoms with Crippen LogP contribution >= 0.6 is 34.9 Å². The van der Waals surface area contributed by atoms with Gasteiger partial charge in [-0.3, -0.25) is 13.7 Å². The lowest BCUT2D eigenvalue weighted by molar-refractivity contribution is -0.256. The number of anilines is 1. The predicted molar refractivity (Wildman–Crippen MR) is 121 cm³/mol. The van der Waals surface area contributed by atoms with Crippen LogP contribution in [0.1, 0.15) is 6.23 Å². The Bertz CT molecular complexity index is 1210. The first-order chi connectivity index (χ1) is 16.4. The molecule has 0 aromatic carbocycles. The van der Waals surface area contributed by atoms with Crippen molar-refractivity contribution in [3.8, 4) is 0 Å². The number of aromatic nitrogens is 4. The van der Waals surface area contributed by atoms with Crippen LogP contribution in [0.4, 0.5) is 5.82 Å². The summed E-state index contributed by atoms with van der Waals surface area (Å²) in [6.45, 7) is -0.0432. The molecule has 194 valence electrons. The highest BCUT2D eigenvalue weighted by Crippen LogP contribution is 2.82. The maximum atomic E-state index is 12.1. The largest absolute Gasteiger partial charge is 0.428 e. The molecule has 16 nitrogen and oxygen atoms in total. The van der Waals surface area contributed by atoms with Gasteiger partial charge in [-0.1, -0.05) is 20.4 Å². The highest BCUT2D eigenvalue weighted by atomic mass is 32.2. The minimum absolute atomic E-state index is 0.206. The molecule has 0 aliphatic carbocycles. The number of thioether (sulfide) groups is 1. The molecular formula is C15H23N5O11P3S+. The number of fused-ring (bicyclic) bond motifs is 2. The van der Waals surface area contributed by atoms with E-state index >= 15 is 0 Å². The van der Waals surface area contributed by atoms with Crippen molar-refractivity contribution in [2.24, 2.45) is 0 Å². The van der Waals surface area contributed by atoms with Crippen LogP contribution in [-0.4, -0.2) is 86.6 Å². The number of hydrogen-bond acceptors (Lipinski definition) is 14. The summed E-state index contributed by atoms with van der Waals surface area (Å²) >= 11 is 1.31. The summed E-state index contributed by atoms with van der Waals surface area (Å²) in [6, 6.07) is 0. The Labute approximate surface area is 203 Å². The Hall–Kier alpha value is -0.770. The number of rotatable bonds is 6. The number of nitrogens with zero attached hydrogens (tertiary/aromatic N) is 4. The van der Waals surface area contributed by atoms with Crippen LogP contribution in [0.5, 0.6) is 0 Å². The van der Waals surface area contributed by atoms with Crippen molar-refractivity contribution in [3.05, 3.63) is 6.33 Å². The topological polar surface area (TPSA) is 209 Å². The predicted octanol–water partition coefficient (Wildman–Crippen LogP) is 1.53. The minimum atomic E-state index is -4.39. The van der Waals surface area contributed by atoms with Gasteiger partial charge in [0.05, 0.1) is 6.33 Å². The van der Waals surface area contributed by atoms with Crippen molar-refractivity contribution >= 4 is 51.9 Å². The number of imidazole rings is 1. The quantitative estimate of drug-likeness (QED) is 0.254. The van der Waals surface area contributed by atoms with E-state index in [1.807, 2.05) is 6.26 Å². The van der Waals surface area contributed by atoms with E-state index in [0.29, 0.717) is 16.3 Å². The van der Waals surface area contributed by atoms with Crippen molar-refractivity contribution in [2.75, 3.05) is 38.3 Å². The van der Waals surface area contributed by atoms with Crippen molar-refractivity contribution in [1.29, 1.82) is 0 Å². The highest BCUT2D eigenvalue weighted by Gasteiger charge is 2.62. The summed E-state index contributed by atoms with van der Waals surface area (Å²) in [5, 5.41) is 0.440. The van der Waals surface area contributed by atoms with Crippen LogP contribution in [0.3, 0.4) is 0 Å². The van der Waals surface area contributed by atoms with Gasteiger partial charge in [-0.2, -0.15) is 4.52 Å². The molecule has 2 aromatic rings. The fraction of sp³-hybridized carbons (Fsp3) is 0.667. The van der Waals surface area contributed by atoms with E-state index in [-0.39, 0.29) is 12.4 Å². The molecule has 5 rings (SSSR count). The van der Waals surface area contributed by atoms with E-state index in [2.05, 4.69) is 15.0 Å². The summed E-state index contributed by atoms with van der Waals surface area (Å²) in [6.07, 6.45) is 0.287. The average Bonchev–Trinajstić information content (AvgIpc) is 3.43. The standard InChI is InChI=1S/C15H22N5O11P3S/c1-25-15-28-9-7(4-26-32(2)30-33(21,22)6-34(23,24)31-32)27-13(10(9)29-15)20-5-17-8-11(16)18-14(35-3)19-12(8)20/h5,7,9-10,13,15H,4,6H2,1-3H3,(H3-,16,18,19,21,22,23,24)/p+1/t7-,9-,10-,13-,15?/m1/s1. The van der Waals surface area contributed by atoms with Crippen molar-refractivity contribution in [1.82, 2.24) is 19.5 Å². The fourth-order valence-corrected chi connectivity index (χ4v) is 12.4. The maximum absolute atomic E-state index is 12.1. The summed E-state index contributed by atoms with van der Waals surface area (Å²) in [5.74, 6) is -0.813. The first-order valence-electron chi connectivity index (χ1n) is 10.0. The summed E-state index contributed by atoms with van der Waals surface area (Å²) in [4.78, 5) is 32.6. The summed E-state index contributed by atoms with van der Waals surface area (Å²) < 4.78 is 64.5. The zero-order valence-corrected chi connectivity index (χ0v) is 22.1. The van der Waals surface area contributed by atoms with Crippen LogP contribution in [0.25, 0.3) is 11.2 Å². The SMILES string of the molecule is COC1O[C@@H]2[C@H](O1)[C@@H](CO[P+]1(C)OP(=O)(O)CP(=O)(O)O1)O[C@H]2n1cnc2c(N)nc(SC)nc21. The average molecular weight is 574 g/mol. The van der Waals surface area contributed by atoms with Crippen molar-refractivity contribution < 1.29 is 51.0 Å². The van der Waals surface area contributed by atoms with E-state index in [9.17, 15) is 18.9 Å². The number of hydrogen-bond donors (Lipinski definition) is 3. The molecule has 2 aromatic heterocycles. The Kier molecular flexibility index (Phi) is 6.80. The molecule has 3 aliphatic rings. The molecule has 0 radical (unpaired) electrons. The molecule has 35 heavy (non-hydrogen) atoms. The molecule has 20 heteroatoms. The summed E-state index contributed by atoms with van der Waals surface area (Å²) in [5.41, 5.74) is 6.82. The molecule has 0 saturated carbocycles. The molecule has 3 unspecified atom stereocenters. The Morgan fingerprint density at radius 2 is 1.91 bits per heavy atom. The number of nitrogens with two attached hydrogens (primary N) is 1. The Balaban J connectivity index is 1.41. The van der Waals surface area contributed by atoms with Gasteiger partial charge in [0.25, 0.3) is 6.48 Å². The number of ether oxygens (including phenoxy) is 4. The third-order valence-corrected chi connectivity index (χ3v) is 13.7. The second-order valence-corrected chi connectivity index (χ2v) is 15.4. The van der Waals surface area contributed by atoms with E-state index in [4.69, 9.17) is 37.8 Å². The normalized spacial score (nSPS) is 41.5. The maximum Gasteiger partial charge on any atom is 0.428 e. The van der Waals surface area contributed by atoms with Gasteiger partial charge in [0.2, 0.25) is 0 Å². The molecule has 0 spiro atoms. The lowest BCUT2D eigenvalue weighted by Gasteiger charge is -2.28. The Morgan fingerprint density at radius 3 is 2.57 bits per heavy atom. The molecule has 3 saturated heterocycles. The van der Waals surface area contributed by atoms with Crippen LogP contribution in [0.15, 0.2) is 11.5 Å². The van der Waals surface area contributed by atoms with Gasteiger partial charge >= 0.3 is 23.1 Å². The zero-order chi connectivity index (χ0) is 25.2. The number of nitrogen functional groups attached to an aromatic ring is 1. The van der Waals surface area contributed by atoms with Gasteiger partial charge in [-0.25, -0.2) is 15.0 Å². The first kappa shape index (κ1) is 25.9. The van der Waals surface area contributed by atoms with Crippen molar-refractivity contribution in [2.45, 2.75) is 36.2 Å². The van der Waals surface area contributed by atoms with E-state index in [1.165, 1.54) is 31.9 Å². The summed E-state index contributed by atoms with van der Waals surface area (Å²) in [7, 11) is -11.0. The van der Waals surface area contributed by atoms with Crippen LogP contribution in [0, 0.1) is 0 Å². The van der Waals surface area contributed by atoms with Gasteiger partial charge in [0, 0.05) is 7.11 Å². The van der Waals surface area contributed by atoms with E-state index in [1.54, 1.807) is 4.57 Å². The minimum Gasteiger partial charge on any atom is -0.382 e. The third kappa shape index (κ3) is 5.04. The molecule has 7 atom stereocenters. The fourth-order valence-electron chi connectivity index (χ4n) is 3.98. The van der Waals surface area contributed by atoms with Gasteiger partial charge in [0.15, 0.2) is 28.8 Å². The first-order valence-corrected chi connectivity index (χ1v) is 16.8. The molecule has 0 bridgehead atoms. The molecule has 3 aliphatic heterocycles. The van der Waals surface area contributed by atoms with Crippen LogP contribution in [0.2, 0.25) is 0 Å². The van der Waals surface area contributed by atoms with Gasteiger partial charge in [0.1, 0.15) is 37.1 Å². The second-order valence-electron chi connectivity index (χ2n) is 7.86. The van der Waals surface area contributed by atoms with Crippen LogP contribution < -0.4 is 5.73 Å². The van der Waals surface area contributed by atoms with E-state index < -0.39 is 60.1 Å². The number of methoxy groups -OCH3 is 1. The Morgan fingerprint density at radius 1 is 1.23 bits per heavy atom.